The van der Waals surface area contributed by atoms with E-state index in [2.05, 4.69) is 9.84 Å². The van der Waals surface area contributed by atoms with Gasteiger partial charge in [0.2, 0.25) is 5.91 Å². The van der Waals surface area contributed by atoms with Gasteiger partial charge in [0.15, 0.2) is 0 Å². The minimum atomic E-state index is -4.96. The number of nitrogens with zero attached hydrogens (tertiary/aromatic N) is 3. The Kier molecular flexibility index (Phi) is 6.02. The molecule has 1 heterocycles. The van der Waals surface area contributed by atoms with Crippen molar-refractivity contribution in [2.75, 3.05) is 0 Å². The number of carbonyl (C=O) groups is 1. The molecule has 0 aliphatic rings. The summed E-state index contributed by atoms with van der Waals surface area (Å²) >= 11 is 18.3. The number of hydrogen-bond donors (Lipinski definition) is 1. The highest BCUT2D eigenvalue weighted by Gasteiger charge is 2.35. The average molecular weight is 492 g/mol. The van der Waals surface area contributed by atoms with Gasteiger partial charge in [-0.15, -0.1) is 13.2 Å². The van der Waals surface area contributed by atoms with Gasteiger partial charge >= 0.3 is 6.36 Å². The molecule has 3 aromatic rings. The molecule has 0 bridgehead atoms. The lowest BCUT2D eigenvalue weighted by Crippen LogP contribution is -2.30. The highest BCUT2D eigenvalue weighted by Crippen LogP contribution is 2.37. The van der Waals surface area contributed by atoms with Crippen LogP contribution in [-0.4, -0.2) is 22.1 Å². The van der Waals surface area contributed by atoms with Crippen molar-refractivity contribution < 1.29 is 22.7 Å². The van der Waals surface area contributed by atoms with Gasteiger partial charge in [-0.1, -0.05) is 34.8 Å². The number of carbonyl (C=O) groups excluding carboxylic acids is 1. The fraction of sp³-hybridized carbons (Fsp3) is 0.211. The third-order valence-electron chi connectivity index (χ3n) is 4.50. The summed E-state index contributed by atoms with van der Waals surface area (Å²) in [5.74, 6) is -1.52. The lowest BCUT2D eigenvalue weighted by Gasteiger charge is -2.25. The first-order valence-corrected chi connectivity index (χ1v) is 9.60. The van der Waals surface area contributed by atoms with Crippen LogP contribution in [0.5, 0.6) is 5.75 Å². The van der Waals surface area contributed by atoms with Crippen molar-refractivity contribution in [3.05, 3.63) is 56.7 Å². The average Bonchev–Trinajstić information content (AvgIpc) is 3.09. The zero-order valence-electron chi connectivity index (χ0n) is 15.6. The van der Waals surface area contributed by atoms with E-state index in [1.165, 1.54) is 23.9 Å². The third kappa shape index (κ3) is 4.66. The summed E-state index contributed by atoms with van der Waals surface area (Å²) < 4.78 is 43.2. The zero-order chi connectivity index (χ0) is 23.1. The number of benzene rings is 2. The van der Waals surface area contributed by atoms with Gasteiger partial charge in [-0.2, -0.15) is 10.4 Å². The van der Waals surface area contributed by atoms with E-state index >= 15 is 0 Å². The zero-order valence-corrected chi connectivity index (χ0v) is 17.9. The van der Waals surface area contributed by atoms with Crippen molar-refractivity contribution in [3.8, 4) is 11.8 Å². The highest BCUT2D eigenvalue weighted by molar-refractivity contribution is 6.47. The van der Waals surface area contributed by atoms with Gasteiger partial charge in [0.05, 0.1) is 33.1 Å². The summed E-state index contributed by atoms with van der Waals surface area (Å²) in [4.78, 5) is 11.9. The SMILES string of the molecule is CC(C#N)(Cn1cc2c(Cl)cc(Cl)c(Cl)c2n1)c1cc(OC(F)(F)F)ccc1C(N)=O. The van der Waals surface area contributed by atoms with Crippen molar-refractivity contribution in [2.24, 2.45) is 5.73 Å². The van der Waals surface area contributed by atoms with Gasteiger partial charge < -0.3 is 10.5 Å². The topological polar surface area (TPSA) is 93.9 Å². The predicted octanol–water partition coefficient (Wildman–Crippen LogP) is 5.48. The molecule has 0 spiro atoms. The predicted molar refractivity (Wildman–Crippen MR) is 109 cm³/mol. The monoisotopic (exact) mass is 490 g/mol. The smallest absolute Gasteiger partial charge is 0.406 e. The van der Waals surface area contributed by atoms with Crippen LogP contribution in [0.2, 0.25) is 15.1 Å². The number of amides is 1. The van der Waals surface area contributed by atoms with Crippen LogP contribution in [0.15, 0.2) is 30.5 Å². The quantitative estimate of drug-likeness (QED) is 0.479. The number of nitrogens with two attached hydrogens (primary N) is 1. The fourth-order valence-corrected chi connectivity index (χ4v) is 3.80. The molecule has 0 saturated heterocycles. The van der Waals surface area contributed by atoms with E-state index in [4.69, 9.17) is 40.5 Å². The molecule has 1 unspecified atom stereocenters. The van der Waals surface area contributed by atoms with Crippen LogP contribution in [-0.2, 0) is 12.0 Å². The van der Waals surface area contributed by atoms with E-state index in [0.717, 1.165) is 18.2 Å². The molecule has 0 radical (unpaired) electrons. The lowest BCUT2D eigenvalue weighted by atomic mass is 9.80. The lowest BCUT2D eigenvalue weighted by molar-refractivity contribution is -0.274. The van der Waals surface area contributed by atoms with E-state index in [9.17, 15) is 23.2 Å². The summed E-state index contributed by atoms with van der Waals surface area (Å²) in [6.07, 6.45) is -3.45. The maximum Gasteiger partial charge on any atom is 0.573 e. The maximum atomic E-state index is 12.7. The van der Waals surface area contributed by atoms with Crippen LogP contribution in [0.1, 0.15) is 22.8 Å². The van der Waals surface area contributed by atoms with Gasteiger partial charge in [-0.3, -0.25) is 9.48 Å². The van der Waals surface area contributed by atoms with E-state index in [1.54, 1.807) is 0 Å². The van der Waals surface area contributed by atoms with Gasteiger partial charge in [0.1, 0.15) is 11.3 Å². The van der Waals surface area contributed by atoms with Crippen molar-refractivity contribution in [1.29, 1.82) is 5.26 Å². The Morgan fingerprint density at radius 3 is 2.52 bits per heavy atom. The third-order valence-corrected chi connectivity index (χ3v) is 5.59. The van der Waals surface area contributed by atoms with E-state index in [-0.39, 0.29) is 38.3 Å². The molecule has 1 atom stereocenters. The van der Waals surface area contributed by atoms with Crippen molar-refractivity contribution in [1.82, 2.24) is 9.78 Å². The molecular formula is C19H12Cl3F3N4O2. The second-order valence-electron chi connectivity index (χ2n) is 6.81. The van der Waals surface area contributed by atoms with Crippen LogP contribution in [0.25, 0.3) is 10.9 Å². The molecule has 6 nitrogen and oxygen atoms in total. The molecular weight excluding hydrogens is 480 g/mol. The van der Waals surface area contributed by atoms with E-state index < -0.39 is 23.4 Å². The number of ether oxygens (including phenoxy) is 1. The first-order chi connectivity index (χ1) is 14.3. The van der Waals surface area contributed by atoms with Gasteiger partial charge in [-0.05, 0) is 36.8 Å². The Hall–Kier alpha value is -2.67. The van der Waals surface area contributed by atoms with Crippen LogP contribution in [0, 0.1) is 11.3 Å². The standard InChI is InChI=1S/C19H12Cl3F3N4O2/c1-18(7-26,8-29-6-11-13(20)5-14(21)15(22)16(11)28-29)12-4-9(31-19(23,24)25)2-3-10(12)17(27)30/h2-6H,8H2,1H3,(H2,27,30). The number of halogens is 6. The maximum absolute atomic E-state index is 12.7. The second-order valence-corrected chi connectivity index (χ2v) is 8.00. The molecule has 1 aromatic heterocycles. The Balaban J connectivity index is 2.12. The van der Waals surface area contributed by atoms with Crippen LogP contribution >= 0.6 is 34.8 Å². The summed E-state index contributed by atoms with van der Waals surface area (Å²) in [7, 11) is 0. The summed E-state index contributed by atoms with van der Waals surface area (Å²) in [5, 5.41) is 15.2. The minimum Gasteiger partial charge on any atom is -0.406 e. The Morgan fingerprint density at radius 2 is 1.94 bits per heavy atom. The number of primary amides is 1. The molecule has 0 aliphatic heterocycles. The van der Waals surface area contributed by atoms with Gasteiger partial charge in [-0.25, -0.2) is 0 Å². The molecule has 0 saturated carbocycles. The van der Waals surface area contributed by atoms with E-state index in [1.807, 2.05) is 6.07 Å². The number of hydrogen-bond acceptors (Lipinski definition) is 4. The van der Waals surface area contributed by atoms with Crippen molar-refractivity contribution in [3.63, 3.8) is 0 Å². The number of aromatic nitrogens is 2. The molecule has 0 fully saturated rings. The fourth-order valence-electron chi connectivity index (χ4n) is 3.10. The number of fused-ring (bicyclic) bond motifs is 1. The van der Waals surface area contributed by atoms with Crippen molar-refractivity contribution >= 4 is 51.6 Å². The molecule has 162 valence electrons. The van der Waals surface area contributed by atoms with Gasteiger partial charge in [0.25, 0.3) is 0 Å². The van der Waals surface area contributed by atoms with Crippen LogP contribution in [0.4, 0.5) is 13.2 Å². The molecule has 12 heteroatoms. The Labute approximate surface area is 188 Å². The Bertz CT molecular complexity index is 1240. The number of rotatable bonds is 5. The molecule has 2 aromatic carbocycles. The molecule has 1 amide bonds. The normalized spacial score (nSPS) is 13.6. The molecule has 2 N–H and O–H groups in total. The summed E-state index contributed by atoms with van der Waals surface area (Å²) in [5.41, 5.74) is 3.94. The molecule has 3 rings (SSSR count). The van der Waals surface area contributed by atoms with Crippen molar-refractivity contribution in [2.45, 2.75) is 25.2 Å². The Morgan fingerprint density at radius 1 is 1.26 bits per heavy atom. The van der Waals surface area contributed by atoms with Crippen LogP contribution in [0.3, 0.4) is 0 Å². The number of nitriles is 1. The second kappa shape index (κ2) is 8.11. The summed E-state index contributed by atoms with van der Waals surface area (Å²) in [6, 6.07) is 6.42. The minimum absolute atomic E-state index is 0.0565. The molecule has 31 heavy (non-hydrogen) atoms. The largest absolute Gasteiger partial charge is 0.573 e. The first-order valence-electron chi connectivity index (χ1n) is 8.46. The molecule has 0 aliphatic carbocycles. The van der Waals surface area contributed by atoms with E-state index in [0.29, 0.717) is 5.39 Å². The van der Waals surface area contributed by atoms with Crippen LogP contribution < -0.4 is 10.5 Å². The summed E-state index contributed by atoms with van der Waals surface area (Å²) in [6.45, 7) is 1.26. The van der Waals surface area contributed by atoms with Gasteiger partial charge in [0, 0.05) is 17.1 Å². The first kappa shape index (κ1) is 23.0. The highest BCUT2D eigenvalue weighted by atomic mass is 35.5. The number of alkyl halides is 3.